The molecule has 0 bridgehead atoms. The number of anilines is 1. The molecule has 0 aromatic heterocycles. The summed E-state index contributed by atoms with van der Waals surface area (Å²) in [7, 11) is 0. The lowest BCUT2D eigenvalue weighted by molar-refractivity contribution is 0.634. The van der Waals surface area contributed by atoms with Crippen LogP contribution in [0.3, 0.4) is 0 Å². The first-order chi connectivity index (χ1) is 14.7. The molecule has 3 aromatic rings. The van der Waals surface area contributed by atoms with E-state index in [0.29, 0.717) is 12.6 Å². The Morgan fingerprint density at radius 1 is 0.867 bits per heavy atom. The van der Waals surface area contributed by atoms with Gasteiger partial charge in [-0.25, -0.2) is 4.99 Å². The van der Waals surface area contributed by atoms with Crippen LogP contribution in [0.2, 0.25) is 0 Å². The zero-order chi connectivity index (χ0) is 20.8. The van der Waals surface area contributed by atoms with Crippen molar-refractivity contribution in [2.75, 3.05) is 11.9 Å². The Labute approximate surface area is 179 Å². The first-order valence-corrected chi connectivity index (χ1v) is 10.8. The van der Waals surface area contributed by atoms with Crippen molar-refractivity contribution >= 4 is 17.2 Å². The highest BCUT2D eigenvalue weighted by molar-refractivity contribution is 6.17. The van der Waals surface area contributed by atoms with E-state index in [4.69, 9.17) is 4.99 Å². The molecule has 1 N–H and O–H groups in total. The second-order valence-electron chi connectivity index (χ2n) is 7.89. The minimum absolute atomic E-state index is 0.301. The van der Waals surface area contributed by atoms with Crippen LogP contribution < -0.4 is 5.32 Å². The maximum atomic E-state index is 4.78. The van der Waals surface area contributed by atoms with Gasteiger partial charge in [-0.2, -0.15) is 0 Å². The molecule has 3 nitrogen and oxygen atoms in total. The molecule has 0 fully saturated rings. The fourth-order valence-corrected chi connectivity index (χ4v) is 3.74. The summed E-state index contributed by atoms with van der Waals surface area (Å²) in [6, 6.07) is 28.0. The van der Waals surface area contributed by atoms with E-state index in [-0.39, 0.29) is 0 Å². The molecule has 0 amide bonds. The van der Waals surface area contributed by atoms with E-state index in [2.05, 4.69) is 84.8 Å². The Morgan fingerprint density at radius 3 is 2.30 bits per heavy atom. The minimum Gasteiger partial charge on any atom is -0.378 e. The van der Waals surface area contributed by atoms with Crippen LogP contribution in [0.5, 0.6) is 0 Å². The van der Waals surface area contributed by atoms with Gasteiger partial charge in [0.1, 0.15) is 0 Å². The highest BCUT2D eigenvalue weighted by Gasteiger charge is 2.15. The third-order valence-corrected chi connectivity index (χ3v) is 5.54. The normalized spacial score (nSPS) is 14.2. The van der Waals surface area contributed by atoms with Crippen LogP contribution in [-0.2, 0) is 0 Å². The van der Waals surface area contributed by atoms with E-state index in [0.717, 1.165) is 29.1 Å². The van der Waals surface area contributed by atoms with Gasteiger partial charge in [-0.05, 0) is 36.6 Å². The Bertz CT molecular complexity index is 1020. The highest BCUT2D eigenvalue weighted by atomic mass is 15.0. The second kappa shape index (κ2) is 9.53. The van der Waals surface area contributed by atoms with Gasteiger partial charge in [0.05, 0.1) is 18.3 Å². The molecular formula is C27H29N3. The molecule has 0 saturated carbocycles. The first-order valence-electron chi connectivity index (χ1n) is 10.8. The summed E-state index contributed by atoms with van der Waals surface area (Å²) in [5.74, 6) is 0.831. The van der Waals surface area contributed by atoms with Gasteiger partial charge < -0.3 is 5.32 Å². The molecule has 1 atom stereocenters. The topological polar surface area (TPSA) is 36.8 Å². The van der Waals surface area contributed by atoms with Crippen molar-refractivity contribution in [3.05, 3.63) is 101 Å². The Balaban J connectivity index is 1.50. The van der Waals surface area contributed by atoms with E-state index in [1.807, 2.05) is 18.2 Å². The summed E-state index contributed by atoms with van der Waals surface area (Å²) in [6.45, 7) is 5.01. The summed E-state index contributed by atoms with van der Waals surface area (Å²) < 4.78 is 0. The van der Waals surface area contributed by atoms with Crippen LogP contribution >= 0.6 is 0 Å². The van der Waals surface area contributed by atoms with Crippen molar-refractivity contribution in [2.24, 2.45) is 9.98 Å². The molecule has 3 aromatic carbocycles. The maximum Gasteiger partial charge on any atom is 0.155 e. The fraction of sp³-hybridized carbons (Fsp3) is 0.259. The molecule has 0 radical (unpaired) electrons. The number of unbranched alkanes of at least 4 members (excludes halogenated alkanes) is 1. The Kier molecular flexibility index (Phi) is 6.38. The molecule has 1 unspecified atom stereocenters. The molecule has 0 spiro atoms. The quantitative estimate of drug-likeness (QED) is 0.459. The zero-order valence-corrected chi connectivity index (χ0v) is 17.8. The molecular weight excluding hydrogens is 366 g/mol. The lowest BCUT2D eigenvalue weighted by atomic mass is 9.99. The van der Waals surface area contributed by atoms with Crippen LogP contribution in [0.15, 0.2) is 88.8 Å². The number of aryl methyl sites for hydroxylation is 1. The number of benzene rings is 3. The van der Waals surface area contributed by atoms with Gasteiger partial charge in [-0.15, -0.1) is 0 Å². The molecule has 0 aliphatic carbocycles. The highest BCUT2D eigenvalue weighted by Crippen LogP contribution is 2.26. The van der Waals surface area contributed by atoms with Crippen molar-refractivity contribution in [3.63, 3.8) is 0 Å². The molecule has 152 valence electrons. The molecule has 1 aliphatic heterocycles. The Hall–Kier alpha value is -3.20. The number of hydrogen-bond donors (Lipinski definition) is 1. The van der Waals surface area contributed by atoms with Gasteiger partial charge in [0, 0.05) is 11.3 Å². The van der Waals surface area contributed by atoms with Gasteiger partial charge in [0.15, 0.2) is 5.84 Å². The monoisotopic (exact) mass is 395 g/mol. The van der Waals surface area contributed by atoms with E-state index in [1.165, 1.54) is 29.7 Å². The van der Waals surface area contributed by atoms with Crippen molar-refractivity contribution < 1.29 is 0 Å². The number of amidine groups is 1. The average Bonchev–Trinajstić information content (AvgIpc) is 3.29. The number of aliphatic imine (C=N–C) groups is 2. The van der Waals surface area contributed by atoms with Gasteiger partial charge >= 0.3 is 0 Å². The molecule has 4 rings (SSSR count). The van der Waals surface area contributed by atoms with E-state index in [9.17, 15) is 0 Å². The van der Waals surface area contributed by atoms with Crippen molar-refractivity contribution in [3.8, 4) is 0 Å². The smallest absolute Gasteiger partial charge is 0.155 e. The number of nitrogens with zero attached hydrogens (tertiary/aromatic N) is 2. The summed E-state index contributed by atoms with van der Waals surface area (Å²) in [4.78, 5) is 9.44. The van der Waals surface area contributed by atoms with Gasteiger partial charge in [0.2, 0.25) is 0 Å². The van der Waals surface area contributed by atoms with Crippen LogP contribution in [0.25, 0.3) is 0 Å². The van der Waals surface area contributed by atoms with Crippen LogP contribution in [0.1, 0.15) is 54.5 Å². The van der Waals surface area contributed by atoms with Gasteiger partial charge in [-0.1, -0.05) is 92.1 Å². The van der Waals surface area contributed by atoms with E-state index >= 15 is 0 Å². The third-order valence-electron chi connectivity index (χ3n) is 5.54. The van der Waals surface area contributed by atoms with Crippen LogP contribution in [0, 0.1) is 6.92 Å². The second-order valence-corrected chi connectivity index (χ2v) is 7.89. The summed E-state index contributed by atoms with van der Waals surface area (Å²) in [5, 5.41) is 3.72. The number of rotatable bonds is 8. The molecule has 1 aliphatic rings. The average molecular weight is 396 g/mol. The summed E-state index contributed by atoms with van der Waals surface area (Å²) >= 11 is 0. The minimum atomic E-state index is 0.301. The number of nitrogens with one attached hydrogen (secondary N) is 1. The SMILES string of the molecule is CCCCC(Nc1ccc(C)cc1)c1ccc(C2=NCC(c3ccccc3)=N2)cc1. The molecule has 0 saturated heterocycles. The predicted octanol–water partition coefficient (Wildman–Crippen LogP) is 6.59. The lowest BCUT2D eigenvalue weighted by Crippen LogP contribution is -2.11. The third kappa shape index (κ3) is 4.85. The maximum absolute atomic E-state index is 4.78. The fourth-order valence-electron chi connectivity index (χ4n) is 3.74. The molecule has 3 heteroatoms. The van der Waals surface area contributed by atoms with Gasteiger partial charge in [0.25, 0.3) is 0 Å². The molecule has 30 heavy (non-hydrogen) atoms. The lowest BCUT2D eigenvalue weighted by Gasteiger charge is -2.21. The van der Waals surface area contributed by atoms with E-state index in [1.54, 1.807) is 0 Å². The number of hydrogen-bond acceptors (Lipinski definition) is 3. The van der Waals surface area contributed by atoms with E-state index < -0.39 is 0 Å². The largest absolute Gasteiger partial charge is 0.378 e. The zero-order valence-electron chi connectivity index (χ0n) is 17.8. The van der Waals surface area contributed by atoms with Crippen molar-refractivity contribution in [2.45, 2.75) is 39.2 Å². The first kappa shape index (κ1) is 20.1. The van der Waals surface area contributed by atoms with Crippen LogP contribution in [-0.4, -0.2) is 18.1 Å². The van der Waals surface area contributed by atoms with Crippen molar-refractivity contribution in [1.29, 1.82) is 0 Å². The summed E-state index contributed by atoms with van der Waals surface area (Å²) in [6.07, 6.45) is 3.50. The predicted molar refractivity (Wildman–Crippen MR) is 128 cm³/mol. The van der Waals surface area contributed by atoms with Crippen molar-refractivity contribution in [1.82, 2.24) is 0 Å². The van der Waals surface area contributed by atoms with Crippen LogP contribution in [0.4, 0.5) is 5.69 Å². The molecule has 1 heterocycles. The summed E-state index contributed by atoms with van der Waals surface area (Å²) in [5.41, 5.74) is 7.02. The van der Waals surface area contributed by atoms with Gasteiger partial charge in [-0.3, -0.25) is 4.99 Å². The Morgan fingerprint density at radius 2 is 1.60 bits per heavy atom. The standard InChI is InChI=1S/C27H29N3/c1-3-4-10-25(29-24-17-11-20(2)12-18-24)22-13-15-23(16-14-22)27-28-19-26(30-27)21-8-6-5-7-9-21/h5-9,11-18,25,29H,3-4,10,19H2,1-2H3.